The Balaban J connectivity index is 1.72. The fourth-order valence-electron chi connectivity index (χ4n) is 4.05. The zero-order valence-corrected chi connectivity index (χ0v) is 19.5. The first-order valence-electron chi connectivity index (χ1n) is 10.5. The first kappa shape index (κ1) is 22.5. The fourth-order valence-corrected chi connectivity index (χ4v) is 5.74. The van der Waals surface area contributed by atoms with Crippen molar-refractivity contribution in [3.63, 3.8) is 0 Å². The van der Waals surface area contributed by atoms with Crippen LogP contribution < -0.4 is 5.32 Å². The summed E-state index contributed by atoms with van der Waals surface area (Å²) in [5.74, 6) is -0.127. The summed E-state index contributed by atoms with van der Waals surface area (Å²) in [4.78, 5) is 13.6. The van der Waals surface area contributed by atoms with Gasteiger partial charge in [-0.1, -0.05) is 67.9 Å². The van der Waals surface area contributed by atoms with Gasteiger partial charge in [-0.05, 0) is 59.4 Å². The molecule has 1 N–H and O–H groups in total. The number of sulfonamides is 1. The molecular weight excluding hydrogens is 444 g/mol. The van der Waals surface area contributed by atoms with E-state index in [2.05, 4.69) is 19.2 Å². The average molecular weight is 469 g/mol. The topological polar surface area (TPSA) is 66.5 Å². The molecule has 0 aromatic heterocycles. The van der Waals surface area contributed by atoms with Crippen LogP contribution in [0.4, 0.5) is 5.69 Å². The highest BCUT2D eigenvalue weighted by molar-refractivity contribution is 7.89. The van der Waals surface area contributed by atoms with Gasteiger partial charge in [0.2, 0.25) is 15.9 Å². The lowest BCUT2D eigenvalue weighted by Crippen LogP contribution is -2.50. The van der Waals surface area contributed by atoms with Crippen molar-refractivity contribution >= 4 is 33.2 Å². The van der Waals surface area contributed by atoms with Crippen LogP contribution in [0.3, 0.4) is 0 Å². The van der Waals surface area contributed by atoms with Crippen LogP contribution in [0.15, 0.2) is 77.7 Å². The first-order valence-corrected chi connectivity index (χ1v) is 12.3. The summed E-state index contributed by atoms with van der Waals surface area (Å²) in [7, 11) is -3.92. The number of carbonyl (C=O) groups excluding carboxylic acids is 1. The van der Waals surface area contributed by atoms with Crippen molar-refractivity contribution in [3.8, 4) is 0 Å². The molecule has 1 aliphatic heterocycles. The van der Waals surface area contributed by atoms with Crippen molar-refractivity contribution in [2.75, 3.05) is 5.32 Å². The Morgan fingerprint density at radius 1 is 0.969 bits per heavy atom. The largest absolute Gasteiger partial charge is 0.324 e. The molecule has 5 nitrogen and oxygen atoms in total. The number of anilines is 1. The van der Waals surface area contributed by atoms with Crippen LogP contribution in [-0.2, 0) is 27.8 Å². The number of halogens is 1. The normalized spacial score (nSPS) is 16.6. The van der Waals surface area contributed by atoms with Crippen LogP contribution >= 0.6 is 11.6 Å². The predicted octanol–water partition coefficient (Wildman–Crippen LogP) is 5.22. The van der Waals surface area contributed by atoms with Gasteiger partial charge in [0.15, 0.2) is 0 Å². The molecule has 7 heteroatoms. The number of fused-ring (bicyclic) bond motifs is 1. The Hall–Kier alpha value is -2.67. The summed E-state index contributed by atoms with van der Waals surface area (Å²) in [6.07, 6.45) is 0.304. The van der Waals surface area contributed by atoms with Gasteiger partial charge in [0, 0.05) is 17.3 Å². The van der Waals surface area contributed by atoms with Gasteiger partial charge in [-0.2, -0.15) is 4.31 Å². The summed E-state index contributed by atoms with van der Waals surface area (Å²) in [5.41, 5.74) is 3.59. The second-order valence-electron chi connectivity index (χ2n) is 8.22. The van der Waals surface area contributed by atoms with E-state index in [4.69, 9.17) is 11.6 Å². The Kier molecular flexibility index (Phi) is 6.38. The lowest BCUT2D eigenvalue weighted by atomic mass is 9.95. The van der Waals surface area contributed by atoms with Crippen molar-refractivity contribution in [2.24, 2.45) is 0 Å². The number of rotatable bonds is 5. The zero-order chi connectivity index (χ0) is 22.9. The maximum Gasteiger partial charge on any atom is 0.244 e. The van der Waals surface area contributed by atoms with Crippen LogP contribution in [0.2, 0.25) is 5.02 Å². The van der Waals surface area contributed by atoms with E-state index in [0.717, 1.165) is 16.7 Å². The van der Waals surface area contributed by atoms with Gasteiger partial charge >= 0.3 is 0 Å². The molecule has 32 heavy (non-hydrogen) atoms. The van der Waals surface area contributed by atoms with Gasteiger partial charge in [-0.15, -0.1) is 0 Å². The van der Waals surface area contributed by atoms with Crippen molar-refractivity contribution in [1.29, 1.82) is 0 Å². The van der Waals surface area contributed by atoms with Crippen LogP contribution in [0.5, 0.6) is 0 Å². The third-order valence-electron chi connectivity index (χ3n) is 5.77. The molecular formula is C25H25ClN2O3S. The van der Waals surface area contributed by atoms with E-state index in [1.165, 1.54) is 16.4 Å². The van der Waals surface area contributed by atoms with Crippen molar-refractivity contribution in [3.05, 3.63) is 94.5 Å². The smallest absolute Gasteiger partial charge is 0.244 e. The minimum absolute atomic E-state index is 0.113. The molecule has 4 rings (SSSR count). The third kappa shape index (κ3) is 4.44. The quantitative estimate of drug-likeness (QED) is 0.558. The first-order chi connectivity index (χ1) is 15.3. The molecule has 0 spiro atoms. The van der Waals surface area contributed by atoms with E-state index in [-0.39, 0.29) is 23.3 Å². The molecule has 0 unspecified atom stereocenters. The minimum Gasteiger partial charge on any atom is -0.324 e. The SMILES string of the molecule is CC(C)c1ccccc1NC(=O)[C@H]1Cc2ccccc2CN1S(=O)(=O)c1ccc(Cl)cc1. The van der Waals surface area contributed by atoms with Crippen LogP contribution in [0.25, 0.3) is 0 Å². The number of nitrogens with one attached hydrogen (secondary N) is 1. The highest BCUT2D eigenvalue weighted by atomic mass is 35.5. The Morgan fingerprint density at radius 2 is 1.59 bits per heavy atom. The van der Waals surface area contributed by atoms with Gasteiger partial charge in [-0.3, -0.25) is 4.79 Å². The second-order valence-corrected chi connectivity index (χ2v) is 10.6. The molecule has 1 atom stereocenters. The number of hydrogen-bond acceptors (Lipinski definition) is 3. The van der Waals surface area contributed by atoms with Crippen LogP contribution in [0.1, 0.15) is 36.5 Å². The van der Waals surface area contributed by atoms with Gasteiger partial charge in [-0.25, -0.2) is 8.42 Å². The molecule has 0 aliphatic carbocycles. The molecule has 0 saturated heterocycles. The molecule has 3 aromatic carbocycles. The minimum atomic E-state index is -3.92. The molecule has 0 saturated carbocycles. The number of para-hydroxylation sites is 1. The molecule has 166 valence electrons. The van der Waals surface area contributed by atoms with Gasteiger partial charge in [0.05, 0.1) is 4.90 Å². The van der Waals surface area contributed by atoms with E-state index in [1.54, 1.807) is 12.1 Å². The van der Waals surface area contributed by atoms with Crippen molar-refractivity contribution in [2.45, 2.75) is 43.7 Å². The summed E-state index contributed by atoms with van der Waals surface area (Å²) < 4.78 is 28.4. The molecule has 0 radical (unpaired) electrons. The number of carbonyl (C=O) groups is 1. The maximum absolute atomic E-state index is 13.6. The Bertz CT molecular complexity index is 1240. The van der Waals surface area contributed by atoms with Gasteiger partial charge in [0.1, 0.15) is 6.04 Å². The van der Waals surface area contributed by atoms with E-state index in [9.17, 15) is 13.2 Å². The van der Waals surface area contributed by atoms with Crippen LogP contribution in [-0.4, -0.2) is 24.7 Å². The molecule has 1 heterocycles. The second kappa shape index (κ2) is 9.06. The molecule has 3 aromatic rings. The highest BCUT2D eigenvalue weighted by Gasteiger charge is 2.39. The Labute approximate surface area is 194 Å². The van der Waals surface area contributed by atoms with Crippen molar-refractivity contribution in [1.82, 2.24) is 4.31 Å². The lowest BCUT2D eigenvalue weighted by molar-refractivity contribution is -0.120. The van der Waals surface area contributed by atoms with Crippen molar-refractivity contribution < 1.29 is 13.2 Å². The third-order valence-corrected chi connectivity index (χ3v) is 7.89. The Morgan fingerprint density at radius 3 is 2.28 bits per heavy atom. The lowest BCUT2D eigenvalue weighted by Gasteiger charge is -2.35. The maximum atomic E-state index is 13.6. The highest BCUT2D eigenvalue weighted by Crippen LogP contribution is 2.31. The van der Waals surface area contributed by atoms with E-state index < -0.39 is 16.1 Å². The fraction of sp³-hybridized carbons (Fsp3) is 0.240. The summed E-state index contributed by atoms with van der Waals surface area (Å²) in [5, 5.41) is 3.44. The summed E-state index contributed by atoms with van der Waals surface area (Å²) in [6, 6.07) is 20.4. The summed E-state index contributed by atoms with van der Waals surface area (Å²) >= 11 is 5.95. The zero-order valence-electron chi connectivity index (χ0n) is 18.0. The number of nitrogens with zero attached hydrogens (tertiary/aromatic N) is 1. The summed E-state index contributed by atoms with van der Waals surface area (Å²) in [6.45, 7) is 4.24. The van der Waals surface area contributed by atoms with Gasteiger partial charge < -0.3 is 5.32 Å². The number of hydrogen-bond donors (Lipinski definition) is 1. The average Bonchev–Trinajstić information content (AvgIpc) is 2.78. The molecule has 0 bridgehead atoms. The predicted molar refractivity (Wildman–Crippen MR) is 127 cm³/mol. The van der Waals surface area contributed by atoms with E-state index >= 15 is 0 Å². The van der Waals surface area contributed by atoms with Gasteiger partial charge in [0.25, 0.3) is 0 Å². The molecule has 0 fully saturated rings. The monoisotopic (exact) mass is 468 g/mol. The van der Waals surface area contributed by atoms with E-state index in [1.807, 2.05) is 48.5 Å². The number of benzene rings is 3. The molecule has 1 amide bonds. The number of amides is 1. The standard InChI is InChI=1S/C25H25ClN2O3S/c1-17(2)22-9-5-6-10-23(22)27-25(29)24-15-18-7-3-4-8-19(18)16-28(24)32(30,31)21-13-11-20(26)12-14-21/h3-14,17,24H,15-16H2,1-2H3,(H,27,29)/t24-/m1/s1. The van der Waals surface area contributed by atoms with Crippen LogP contribution in [0, 0.1) is 0 Å². The molecule has 1 aliphatic rings. The van der Waals surface area contributed by atoms with E-state index in [0.29, 0.717) is 17.1 Å².